The first kappa shape index (κ1) is 19.6. The molecule has 0 bridgehead atoms. The number of aryl methyl sites for hydroxylation is 2. The van der Waals surface area contributed by atoms with Crippen LogP contribution in [0.1, 0.15) is 32.9 Å². The van der Waals surface area contributed by atoms with Gasteiger partial charge in [-0.3, -0.25) is 19.6 Å². The topological polar surface area (TPSA) is 90.1 Å². The van der Waals surface area contributed by atoms with Crippen LogP contribution < -0.4 is 5.32 Å². The van der Waals surface area contributed by atoms with Crippen molar-refractivity contribution in [3.63, 3.8) is 0 Å². The minimum absolute atomic E-state index is 0.0172. The van der Waals surface area contributed by atoms with E-state index in [4.69, 9.17) is 11.6 Å². The van der Waals surface area contributed by atoms with Crippen LogP contribution in [-0.2, 0) is 6.54 Å². The van der Waals surface area contributed by atoms with Gasteiger partial charge in [0.05, 0.1) is 28.5 Å². The van der Waals surface area contributed by atoms with Crippen LogP contribution in [0.3, 0.4) is 0 Å². The first-order valence-electron chi connectivity index (χ1n) is 8.61. The minimum Gasteiger partial charge on any atom is -0.319 e. The molecule has 0 aliphatic heterocycles. The summed E-state index contributed by atoms with van der Waals surface area (Å²) in [6, 6.07) is 11.8. The smallest absolute Gasteiger partial charge is 0.272 e. The highest BCUT2D eigenvalue weighted by Gasteiger charge is 2.18. The molecule has 28 heavy (non-hydrogen) atoms. The van der Waals surface area contributed by atoms with Gasteiger partial charge in [-0.2, -0.15) is 5.10 Å². The Morgan fingerprint density at radius 2 is 1.93 bits per heavy atom. The van der Waals surface area contributed by atoms with E-state index < -0.39 is 4.92 Å². The number of amides is 1. The molecule has 3 rings (SSSR count). The molecule has 1 aromatic heterocycles. The number of hydrogen-bond acceptors (Lipinski definition) is 4. The number of nitrogens with one attached hydrogen (secondary N) is 1. The van der Waals surface area contributed by atoms with Gasteiger partial charge in [-0.15, -0.1) is 0 Å². The van der Waals surface area contributed by atoms with Crippen molar-refractivity contribution in [3.05, 3.63) is 85.7 Å². The third-order valence-corrected chi connectivity index (χ3v) is 4.92. The number of nitro benzene ring substituents is 1. The Morgan fingerprint density at radius 1 is 1.21 bits per heavy atom. The molecule has 0 spiro atoms. The van der Waals surface area contributed by atoms with Gasteiger partial charge < -0.3 is 5.32 Å². The van der Waals surface area contributed by atoms with Gasteiger partial charge in [0, 0.05) is 22.2 Å². The van der Waals surface area contributed by atoms with Crippen LogP contribution >= 0.6 is 11.6 Å². The van der Waals surface area contributed by atoms with E-state index in [-0.39, 0.29) is 11.6 Å². The van der Waals surface area contributed by atoms with Gasteiger partial charge in [-0.05, 0) is 44.5 Å². The van der Waals surface area contributed by atoms with Gasteiger partial charge in [0.25, 0.3) is 11.6 Å². The van der Waals surface area contributed by atoms with Gasteiger partial charge >= 0.3 is 0 Å². The van der Waals surface area contributed by atoms with E-state index in [2.05, 4.69) is 10.4 Å². The number of carbonyl (C=O) groups is 1. The highest BCUT2D eigenvalue weighted by Crippen LogP contribution is 2.24. The van der Waals surface area contributed by atoms with Crippen molar-refractivity contribution < 1.29 is 9.72 Å². The summed E-state index contributed by atoms with van der Waals surface area (Å²) < 4.78 is 1.78. The van der Waals surface area contributed by atoms with Crippen molar-refractivity contribution in [2.45, 2.75) is 27.3 Å². The summed E-state index contributed by atoms with van der Waals surface area (Å²) in [4.78, 5) is 23.1. The van der Waals surface area contributed by atoms with E-state index in [1.54, 1.807) is 11.6 Å². The van der Waals surface area contributed by atoms with Gasteiger partial charge in [-0.25, -0.2) is 0 Å². The SMILES string of the molecule is Cc1cc(C(=O)Nc2c(C)nn(Cc3ccccc3Cl)c2C)ccc1[N+](=O)[O-]. The van der Waals surface area contributed by atoms with Crippen molar-refractivity contribution in [2.24, 2.45) is 0 Å². The van der Waals surface area contributed by atoms with E-state index >= 15 is 0 Å². The van der Waals surface area contributed by atoms with Gasteiger partial charge in [0.1, 0.15) is 0 Å². The zero-order valence-electron chi connectivity index (χ0n) is 15.7. The third-order valence-electron chi connectivity index (χ3n) is 4.55. The van der Waals surface area contributed by atoms with Crippen molar-refractivity contribution in [3.8, 4) is 0 Å². The lowest BCUT2D eigenvalue weighted by Gasteiger charge is -2.09. The average molecular weight is 399 g/mol. The van der Waals surface area contributed by atoms with Crippen LogP contribution in [0.4, 0.5) is 11.4 Å². The molecule has 1 heterocycles. The Balaban J connectivity index is 1.84. The molecule has 3 aromatic rings. The van der Waals surface area contributed by atoms with E-state index in [9.17, 15) is 14.9 Å². The standard InChI is InChI=1S/C20H19ClN4O3/c1-12-10-15(8-9-18(12)25(27)28)20(26)22-19-13(2)23-24(14(19)3)11-16-6-4-5-7-17(16)21/h4-10H,11H2,1-3H3,(H,22,26). The summed E-state index contributed by atoms with van der Waals surface area (Å²) in [7, 11) is 0. The number of hydrogen-bond donors (Lipinski definition) is 1. The van der Waals surface area contributed by atoms with E-state index in [0.717, 1.165) is 11.3 Å². The fourth-order valence-corrected chi connectivity index (χ4v) is 3.20. The normalized spacial score (nSPS) is 10.7. The molecule has 0 unspecified atom stereocenters. The second kappa shape index (κ2) is 7.82. The molecule has 0 aliphatic carbocycles. The lowest BCUT2D eigenvalue weighted by atomic mass is 10.1. The van der Waals surface area contributed by atoms with Crippen molar-refractivity contribution in [1.29, 1.82) is 0 Å². The molecule has 144 valence electrons. The highest BCUT2D eigenvalue weighted by molar-refractivity contribution is 6.31. The van der Waals surface area contributed by atoms with Crippen molar-refractivity contribution in [2.75, 3.05) is 5.32 Å². The summed E-state index contributed by atoms with van der Waals surface area (Å²) in [6.45, 7) is 5.77. The number of anilines is 1. The Bertz CT molecular complexity index is 1080. The molecule has 0 fully saturated rings. The number of rotatable bonds is 5. The van der Waals surface area contributed by atoms with E-state index in [1.807, 2.05) is 38.1 Å². The fourth-order valence-electron chi connectivity index (χ4n) is 3.01. The first-order chi connectivity index (χ1) is 13.3. The molecule has 1 amide bonds. The lowest BCUT2D eigenvalue weighted by Crippen LogP contribution is -2.14. The van der Waals surface area contributed by atoms with Gasteiger partial charge in [0.15, 0.2) is 0 Å². The largest absolute Gasteiger partial charge is 0.319 e. The number of nitrogens with zero attached hydrogens (tertiary/aromatic N) is 3. The number of halogens is 1. The molecule has 0 aliphatic rings. The predicted octanol–water partition coefficient (Wildman–Crippen LogP) is 4.67. The third kappa shape index (κ3) is 3.89. The van der Waals surface area contributed by atoms with Crippen molar-refractivity contribution in [1.82, 2.24) is 9.78 Å². The molecule has 0 atom stereocenters. The Morgan fingerprint density at radius 3 is 2.57 bits per heavy atom. The quantitative estimate of drug-likeness (QED) is 0.499. The summed E-state index contributed by atoms with van der Waals surface area (Å²) in [5.41, 5.74) is 3.78. The van der Waals surface area contributed by atoms with Crippen LogP contribution in [0, 0.1) is 30.9 Å². The van der Waals surface area contributed by atoms with Crippen LogP contribution in [0.5, 0.6) is 0 Å². The monoisotopic (exact) mass is 398 g/mol. The molecular formula is C20H19ClN4O3. The maximum Gasteiger partial charge on any atom is 0.272 e. The first-order valence-corrected chi connectivity index (χ1v) is 8.99. The fraction of sp³-hybridized carbons (Fsp3) is 0.200. The molecular weight excluding hydrogens is 380 g/mol. The second-order valence-corrected chi connectivity index (χ2v) is 6.91. The Kier molecular flexibility index (Phi) is 5.46. The maximum atomic E-state index is 12.6. The van der Waals surface area contributed by atoms with Crippen LogP contribution in [0.25, 0.3) is 0 Å². The molecule has 0 radical (unpaired) electrons. The summed E-state index contributed by atoms with van der Waals surface area (Å²) in [5, 5.41) is 19.0. The number of aromatic nitrogens is 2. The maximum absolute atomic E-state index is 12.6. The zero-order valence-corrected chi connectivity index (χ0v) is 16.4. The molecule has 0 saturated heterocycles. The molecule has 1 N–H and O–H groups in total. The van der Waals surface area contributed by atoms with Crippen molar-refractivity contribution >= 4 is 28.9 Å². The van der Waals surface area contributed by atoms with Crippen LogP contribution in [0.15, 0.2) is 42.5 Å². The molecule has 2 aromatic carbocycles. The predicted molar refractivity (Wildman–Crippen MR) is 108 cm³/mol. The van der Waals surface area contributed by atoms with Gasteiger partial charge in [-0.1, -0.05) is 29.8 Å². The number of carbonyl (C=O) groups excluding carboxylic acids is 1. The lowest BCUT2D eigenvalue weighted by molar-refractivity contribution is -0.385. The van der Waals surface area contributed by atoms with E-state index in [1.165, 1.54) is 18.2 Å². The second-order valence-electron chi connectivity index (χ2n) is 6.51. The summed E-state index contributed by atoms with van der Waals surface area (Å²) in [5.74, 6) is -0.346. The Labute approximate surface area is 167 Å². The zero-order chi connectivity index (χ0) is 20.4. The van der Waals surface area contributed by atoms with Crippen LogP contribution in [0.2, 0.25) is 5.02 Å². The molecule has 8 heteroatoms. The molecule has 7 nitrogen and oxygen atoms in total. The summed E-state index contributed by atoms with van der Waals surface area (Å²) >= 11 is 6.23. The number of nitro groups is 1. The van der Waals surface area contributed by atoms with Crippen LogP contribution in [-0.4, -0.2) is 20.6 Å². The van der Waals surface area contributed by atoms with E-state index in [0.29, 0.717) is 34.1 Å². The average Bonchev–Trinajstić information content (AvgIpc) is 2.90. The minimum atomic E-state index is -0.468. The molecule has 0 saturated carbocycles. The number of benzene rings is 2. The highest BCUT2D eigenvalue weighted by atomic mass is 35.5. The summed E-state index contributed by atoms with van der Waals surface area (Å²) in [6.07, 6.45) is 0. The Hall–Kier alpha value is -3.19. The van der Waals surface area contributed by atoms with Gasteiger partial charge in [0.2, 0.25) is 0 Å².